The van der Waals surface area contributed by atoms with Gasteiger partial charge in [-0.2, -0.15) is 0 Å². The van der Waals surface area contributed by atoms with Crippen molar-refractivity contribution in [1.82, 2.24) is 9.97 Å². The number of rotatable bonds is 4. The van der Waals surface area contributed by atoms with Gasteiger partial charge in [0.1, 0.15) is 5.15 Å². The molecule has 0 saturated heterocycles. The van der Waals surface area contributed by atoms with E-state index in [2.05, 4.69) is 15.3 Å². The number of esters is 1. The number of halogens is 1. The third-order valence-corrected chi connectivity index (χ3v) is 4.66. The largest absolute Gasteiger partial charge is 0.449 e. The zero-order chi connectivity index (χ0) is 20.4. The second kappa shape index (κ2) is 7.85. The molecule has 4 rings (SSSR count). The van der Waals surface area contributed by atoms with Crippen molar-refractivity contribution < 1.29 is 14.3 Å². The average molecular weight is 406 g/mol. The molecule has 2 heterocycles. The number of ether oxygens (including phenoxy) is 1. The number of pyridine rings is 2. The minimum atomic E-state index is -0.978. The first-order chi connectivity index (χ1) is 14.0. The summed E-state index contributed by atoms with van der Waals surface area (Å²) in [6.45, 7) is 1.53. The molecule has 0 bridgehead atoms. The lowest BCUT2D eigenvalue weighted by molar-refractivity contribution is -0.123. The van der Waals surface area contributed by atoms with Crippen LogP contribution in [0.15, 0.2) is 66.9 Å². The summed E-state index contributed by atoms with van der Waals surface area (Å²) in [5.41, 5.74) is 2.37. The summed E-state index contributed by atoms with van der Waals surface area (Å²) in [6, 6.07) is 17.4. The summed E-state index contributed by atoms with van der Waals surface area (Å²) in [6.07, 6.45) is 0.708. The van der Waals surface area contributed by atoms with E-state index in [-0.39, 0.29) is 0 Å². The maximum absolute atomic E-state index is 12.5. The van der Waals surface area contributed by atoms with Gasteiger partial charge in [0.05, 0.1) is 22.3 Å². The van der Waals surface area contributed by atoms with Crippen LogP contribution in [0, 0.1) is 0 Å². The highest BCUT2D eigenvalue weighted by Crippen LogP contribution is 2.22. The number of benzene rings is 2. The van der Waals surface area contributed by atoms with Gasteiger partial charge in [-0.25, -0.2) is 9.78 Å². The Morgan fingerprint density at radius 1 is 1.03 bits per heavy atom. The highest BCUT2D eigenvalue weighted by Gasteiger charge is 2.20. The molecule has 0 fully saturated rings. The van der Waals surface area contributed by atoms with Crippen LogP contribution in [0.4, 0.5) is 5.69 Å². The van der Waals surface area contributed by atoms with E-state index in [1.807, 2.05) is 12.1 Å². The molecule has 0 aliphatic heterocycles. The lowest BCUT2D eigenvalue weighted by Crippen LogP contribution is -2.30. The third-order valence-electron chi connectivity index (χ3n) is 4.45. The van der Waals surface area contributed by atoms with Gasteiger partial charge < -0.3 is 10.1 Å². The van der Waals surface area contributed by atoms with Gasteiger partial charge in [-0.15, -0.1) is 0 Å². The van der Waals surface area contributed by atoms with E-state index < -0.39 is 18.0 Å². The van der Waals surface area contributed by atoms with Crippen molar-refractivity contribution in [3.8, 4) is 0 Å². The number of fused-ring (bicyclic) bond motifs is 2. The number of amides is 1. The minimum absolute atomic E-state index is 0.329. The molecule has 1 N–H and O–H groups in total. The molecule has 29 heavy (non-hydrogen) atoms. The topological polar surface area (TPSA) is 81.2 Å². The molecule has 2 aromatic carbocycles. The van der Waals surface area contributed by atoms with Crippen LogP contribution in [-0.2, 0) is 9.53 Å². The first-order valence-electron chi connectivity index (χ1n) is 8.93. The van der Waals surface area contributed by atoms with Crippen molar-refractivity contribution in [2.45, 2.75) is 13.0 Å². The molecule has 1 unspecified atom stereocenters. The summed E-state index contributed by atoms with van der Waals surface area (Å²) < 4.78 is 5.34. The maximum atomic E-state index is 12.5. The summed E-state index contributed by atoms with van der Waals surface area (Å²) in [5.74, 6) is -1.02. The number of carbonyl (C=O) groups excluding carboxylic acids is 2. The molecule has 144 valence electrons. The smallest absolute Gasteiger partial charge is 0.338 e. The van der Waals surface area contributed by atoms with E-state index in [9.17, 15) is 9.59 Å². The highest BCUT2D eigenvalue weighted by atomic mass is 35.5. The molecule has 0 spiro atoms. The van der Waals surface area contributed by atoms with Crippen molar-refractivity contribution in [2.24, 2.45) is 0 Å². The van der Waals surface area contributed by atoms with Crippen LogP contribution in [-0.4, -0.2) is 27.9 Å². The number of aromatic nitrogens is 2. The average Bonchev–Trinajstić information content (AvgIpc) is 2.73. The maximum Gasteiger partial charge on any atom is 0.338 e. The van der Waals surface area contributed by atoms with E-state index >= 15 is 0 Å². The number of hydrogen-bond donors (Lipinski definition) is 1. The second-order valence-corrected chi connectivity index (χ2v) is 6.84. The van der Waals surface area contributed by atoms with Crippen LogP contribution in [0.25, 0.3) is 21.8 Å². The van der Waals surface area contributed by atoms with Crippen LogP contribution >= 0.6 is 11.6 Å². The van der Waals surface area contributed by atoms with Gasteiger partial charge in [0.2, 0.25) is 0 Å². The highest BCUT2D eigenvalue weighted by molar-refractivity contribution is 6.29. The summed E-state index contributed by atoms with van der Waals surface area (Å²) >= 11 is 5.88. The lowest BCUT2D eigenvalue weighted by atomic mass is 10.1. The van der Waals surface area contributed by atoms with Gasteiger partial charge in [-0.3, -0.25) is 9.78 Å². The predicted octanol–water partition coefficient (Wildman–Crippen LogP) is 4.62. The standard InChI is InChI=1S/C22H16ClN3O3/c1-13(21(27)26-19-6-2-5-18-16(19)4-3-11-24-18)29-22(28)15-7-9-17-14(12-15)8-10-20(23)25-17/h2-13H,1H3,(H,26,27). The molecule has 1 atom stereocenters. The monoisotopic (exact) mass is 405 g/mol. The van der Waals surface area contributed by atoms with Gasteiger partial charge in [0.15, 0.2) is 6.10 Å². The molecule has 6 nitrogen and oxygen atoms in total. The lowest BCUT2D eigenvalue weighted by Gasteiger charge is -2.15. The summed E-state index contributed by atoms with van der Waals surface area (Å²) in [7, 11) is 0. The van der Waals surface area contributed by atoms with Crippen molar-refractivity contribution >= 4 is 51.0 Å². The van der Waals surface area contributed by atoms with Crippen molar-refractivity contribution in [3.63, 3.8) is 0 Å². The first-order valence-corrected chi connectivity index (χ1v) is 9.31. The molecule has 2 aromatic heterocycles. The number of nitrogens with one attached hydrogen (secondary N) is 1. The summed E-state index contributed by atoms with van der Waals surface area (Å²) in [4.78, 5) is 33.5. The predicted molar refractivity (Wildman–Crippen MR) is 112 cm³/mol. The Labute approximate surface area is 171 Å². The number of hydrogen-bond acceptors (Lipinski definition) is 5. The van der Waals surface area contributed by atoms with Gasteiger partial charge in [-0.1, -0.05) is 17.7 Å². The molecule has 0 aliphatic rings. The van der Waals surface area contributed by atoms with E-state index in [0.29, 0.717) is 21.9 Å². The minimum Gasteiger partial charge on any atom is -0.449 e. The Balaban J connectivity index is 1.48. The Kier molecular flexibility index (Phi) is 5.10. The molecule has 0 aliphatic carbocycles. The van der Waals surface area contributed by atoms with Gasteiger partial charge >= 0.3 is 5.97 Å². The van der Waals surface area contributed by atoms with Gasteiger partial charge in [0.25, 0.3) is 5.91 Å². The molecule has 0 radical (unpaired) electrons. The van der Waals surface area contributed by atoms with Crippen LogP contribution in [0.5, 0.6) is 0 Å². The molecule has 4 aromatic rings. The zero-order valence-corrected chi connectivity index (χ0v) is 16.2. The normalized spacial score (nSPS) is 11.9. The van der Waals surface area contributed by atoms with Gasteiger partial charge in [0, 0.05) is 17.0 Å². The first kappa shape index (κ1) is 18.8. The fourth-order valence-electron chi connectivity index (χ4n) is 2.96. The molecular weight excluding hydrogens is 390 g/mol. The van der Waals surface area contributed by atoms with E-state index in [1.165, 1.54) is 6.92 Å². The molecule has 7 heteroatoms. The second-order valence-electron chi connectivity index (χ2n) is 6.45. The van der Waals surface area contributed by atoms with E-state index in [1.54, 1.807) is 54.7 Å². The van der Waals surface area contributed by atoms with Crippen LogP contribution < -0.4 is 5.32 Å². The quantitative estimate of drug-likeness (QED) is 0.395. The number of anilines is 1. The molecule has 1 amide bonds. The fourth-order valence-corrected chi connectivity index (χ4v) is 3.11. The third kappa shape index (κ3) is 4.02. The van der Waals surface area contributed by atoms with Crippen LogP contribution in [0.3, 0.4) is 0 Å². The number of carbonyl (C=O) groups is 2. The fraction of sp³-hybridized carbons (Fsp3) is 0.0909. The molecule has 0 saturated carbocycles. The number of nitrogens with zero attached hydrogens (tertiary/aromatic N) is 2. The van der Waals surface area contributed by atoms with Crippen molar-refractivity contribution in [1.29, 1.82) is 0 Å². The summed E-state index contributed by atoms with van der Waals surface area (Å²) in [5, 5.41) is 4.74. The Hall–Kier alpha value is -3.51. The Morgan fingerprint density at radius 2 is 1.90 bits per heavy atom. The van der Waals surface area contributed by atoms with Crippen molar-refractivity contribution in [2.75, 3.05) is 5.32 Å². The van der Waals surface area contributed by atoms with Crippen LogP contribution in [0.1, 0.15) is 17.3 Å². The van der Waals surface area contributed by atoms with Gasteiger partial charge in [-0.05, 0) is 61.5 Å². The molecular formula is C22H16ClN3O3. The van der Waals surface area contributed by atoms with Crippen molar-refractivity contribution in [3.05, 3.63) is 77.6 Å². The zero-order valence-electron chi connectivity index (χ0n) is 15.4. The SMILES string of the molecule is CC(OC(=O)c1ccc2nc(Cl)ccc2c1)C(=O)Nc1cccc2ncccc12. The Morgan fingerprint density at radius 3 is 2.76 bits per heavy atom. The van der Waals surface area contributed by atoms with E-state index in [0.717, 1.165) is 16.3 Å². The Bertz CT molecular complexity index is 1240. The van der Waals surface area contributed by atoms with Crippen LogP contribution in [0.2, 0.25) is 5.15 Å². The van der Waals surface area contributed by atoms with E-state index in [4.69, 9.17) is 16.3 Å².